The summed E-state index contributed by atoms with van der Waals surface area (Å²) in [6, 6.07) is 17.0. The molecule has 5 heteroatoms. The molecular formula is C39H49N2O2S+. The zero-order valence-corrected chi connectivity index (χ0v) is 27.9. The van der Waals surface area contributed by atoms with Crippen LogP contribution in [0, 0.1) is 13.8 Å². The molecule has 1 N–H and O–H groups in total. The van der Waals surface area contributed by atoms with Gasteiger partial charge in [0.2, 0.25) is 17.0 Å². The molecule has 0 radical (unpaired) electrons. The number of para-hydroxylation sites is 1. The number of aliphatic hydroxyl groups is 1. The molecule has 0 fully saturated rings. The van der Waals surface area contributed by atoms with E-state index in [4.69, 9.17) is 0 Å². The molecule has 2 aromatic carbocycles. The zero-order valence-electron chi connectivity index (χ0n) is 27.1. The number of carbonyl (C=O) groups is 1. The first-order chi connectivity index (χ1) is 21.4. The fourth-order valence-corrected chi connectivity index (χ4v) is 7.52. The van der Waals surface area contributed by atoms with Crippen molar-refractivity contribution in [3.8, 4) is 0 Å². The van der Waals surface area contributed by atoms with Gasteiger partial charge in [-0.1, -0.05) is 95.5 Å². The lowest BCUT2D eigenvalue weighted by molar-refractivity contribution is -0.673. The molecule has 0 amide bonds. The number of aliphatic hydroxyl groups excluding tert-OH is 1. The summed E-state index contributed by atoms with van der Waals surface area (Å²) in [5.41, 5.74) is 6.65. The van der Waals surface area contributed by atoms with E-state index in [0.717, 1.165) is 42.2 Å². The van der Waals surface area contributed by atoms with Crippen molar-refractivity contribution in [2.45, 2.75) is 110 Å². The van der Waals surface area contributed by atoms with Crippen LogP contribution in [0.25, 0.3) is 17.0 Å². The lowest BCUT2D eigenvalue weighted by Gasteiger charge is -2.24. The molecule has 4 nitrogen and oxygen atoms in total. The molecule has 0 atom stereocenters. The van der Waals surface area contributed by atoms with Gasteiger partial charge in [0.25, 0.3) is 0 Å². The van der Waals surface area contributed by atoms with Crippen molar-refractivity contribution in [3.05, 3.63) is 93.4 Å². The van der Waals surface area contributed by atoms with E-state index in [1.807, 2.05) is 30.4 Å². The molecule has 232 valence electrons. The van der Waals surface area contributed by atoms with Crippen molar-refractivity contribution in [1.29, 1.82) is 0 Å². The summed E-state index contributed by atoms with van der Waals surface area (Å²) in [7, 11) is 0. The predicted octanol–water partition coefficient (Wildman–Crippen LogP) is 10.3. The minimum Gasteiger partial charge on any atom is -0.506 e. The van der Waals surface area contributed by atoms with Crippen LogP contribution in [0.1, 0.15) is 101 Å². The van der Waals surface area contributed by atoms with Crippen molar-refractivity contribution < 1.29 is 14.5 Å². The molecule has 0 saturated heterocycles. The van der Waals surface area contributed by atoms with Crippen LogP contribution in [-0.4, -0.2) is 17.4 Å². The number of aryl methyl sites for hydroxylation is 3. The molecular weight excluding hydrogens is 561 g/mol. The fourth-order valence-electron chi connectivity index (χ4n) is 6.31. The minimum atomic E-state index is -0.0889. The van der Waals surface area contributed by atoms with Gasteiger partial charge in [-0.15, -0.1) is 0 Å². The zero-order chi connectivity index (χ0) is 31.1. The summed E-state index contributed by atoms with van der Waals surface area (Å²) >= 11 is 1.71. The van der Waals surface area contributed by atoms with Crippen molar-refractivity contribution in [3.63, 3.8) is 0 Å². The standard InChI is InChI=1S/C39H48N2O2S/c1-5-7-8-9-10-11-12-13-14-17-23-41-35-24-28(3)29(4)25-36(35)44-37(41)27-33-38(42)32(39(33)43)26-31-21-20-30-18-15-16-19-34(30)40(31)22-6-2/h15-16,18-21,24-27H,5-14,17,22-23H2,1-4H3/p+1. The third kappa shape index (κ3) is 7.15. The summed E-state index contributed by atoms with van der Waals surface area (Å²) in [5.74, 6) is 0.00974. The van der Waals surface area contributed by atoms with Crippen LogP contribution in [0.3, 0.4) is 0 Å². The number of thioether (sulfide) groups is 1. The Morgan fingerprint density at radius 1 is 0.818 bits per heavy atom. The van der Waals surface area contributed by atoms with Gasteiger partial charge in [0.15, 0.2) is 0 Å². The molecule has 3 aromatic rings. The average molecular weight is 610 g/mol. The van der Waals surface area contributed by atoms with Crippen LogP contribution < -0.4 is 9.47 Å². The van der Waals surface area contributed by atoms with E-state index in [9.17, 15) is 9.90 Å². The number of fused-ring (bicyclic) bond motifs is 2. The average Bonchev–Trinajstić information content (AvgIpc) is 3.35. The highest BCUT2D eigenvalue weighted by molar-refractivity contribution is 8.03. The Hall–Kier alpha value is -3.31. The number of unbranched alkanes of at least 4 members (excludes halogenated alkanes) is 9. The maximum Gasteiger partial charge on any atom is 0.212 e. The number of pyridine rings is 1. The first-order valence-electron chi connectivity index (χ1n) is 16.8. The fraction of sp³-hybridized carbons (Fsp3) is 0.436. The molecule has 1 aromatic heterocycles. The van der Waals surface area contributed by atoms with Gasteiger partial charge in [-0.05, 0) is 61.7 Å². The van der Waals surface area contributed by atoms with Crippen LogP contribution in [0.4, 0.5) is 5.69 Å². The molecule has 44 heavy (non-hydrogen) atoms. The largest absolute Gasteiger partial charge is 0.506 e. The third-order valence-electron chi connectivity index (χ3n) is 9.06. The highest BCUT2D eigenvalue weighted by Gasteiger charge is 2.35. The molecule has 2 aliphatic rings. The quantitative estimate of drug-likeness (QED) is 0.106. The van der Waals surface area contributed by atoms with Gasteiger partial charge in [0, 0.05) is 41.5 Å². The lowest BCUT2D eigenvalue weighted by atomic mass is 9.87. The summed E-state index contributed by atoms with van der Waals surface area (Å²) in [5, 5.41) is 13.4. The second-order valence-corrected chi connectivity index (χ2v) is 13.5. The van der Waals surface area contributed by atoms with Crippen molar-refractivity contribution in [1.82, 2.24) is 0 Å². The van der Waals surface area contributed by atoms with Crippen LogP contribution in [0.5, 0.6) is 0 Å². The number of rotatable bonds is 15. The lowest BCUT2D eigenvalue weighted by Crippen LogP contribution is -2.38. The Labute approximate surface area is 268 Å². The number of hydrogen-bond donors (Lipinski definition) is 1. The highest BCUT2D eigenvalue weighted by atomic mass is 32.2. The number of benzene rings is 2. The number of allylic oxidation sites excluding steroid dienone is 3. The number of aromatic nitrogens is 1. The van der Waals surface area contributed by atoms with Gasteiger partial charge < -0.3 is 10.0 Å². The van der Waals surface area contributed by atoms with Gasteiger partial charge in [0.1, 0.15) is 12.3 Å². The molecule has 0 bridgehead atoms. The minimum absolute atomic E-state index is 0.0889. The molecule has 2 heterocycles. The number of anilines is 1. The Bertz CT molecular complexity index is 1600. The second kappa shape index (κ2) is 15.1. The van der Waals surface area contributed by atoms with Crippen LogP contribution in [-0.2, 0) is 11.3 Å². The number of Topliss-reactive ketones (excluding diaryl/α,β-unsaturated/α-hetero) is 1. The van der Waals surface area contributed by atoms with E-state index in [-0.39, 0.29) is 11.5 Å². The number of ketones is 1. The smallest absolute Gasteiger partial charge is 0.212 e. The summed E-state index contributed by atoms with van der Waals surface area (Å²) in [6.07, 6.45) is 17.8. The van der Waals surface area contributed by atoms with Gasteiger partial charge in [-0.25, -0.2) is 0 Å². The Morgan fingerprint density at radius 3 is 2.20 bits per heavy atom. The predicted molar refractivity (Wildman–Crippen MR) is 186 cm³/mol. The molecule has 5 rings (SSSR count). The maximum absolute atomic E-state index is 13.5. The van der Waals surface area contributed by atoms with Gasteiger partial charge in [0.05, 0.1) is 21.9 Å². The first-order valence-corrected chi connectivity index (χ1v) is 17.6. The van der Waals surface area contributed by atoms with Crippen molar-refractivity contribution in [2.24, 2.45) is 0 Å². The van der Waals surface area contributed by atoms with Crippen molar-refractivity contribution in [2.75, 3.05) is 11.4 Å². The number of nitrogens with zero attached hydrogens (tertiary/aromatic N) is 2. The summed E-state index contributed by atoms with van der Waals surface area (Å²) < 4.78 is 2.24. The summed E-state index contributed by atoms with van der Waals surface area (Å²) in [6.45, 7) is 10.5. The van der Waals surface area contributed by atoms with E-state index in [2.05, 4.69) is 67.5 Å². The molecule has 0 spiro atoms. The van der Waals surface area contributed by atoms with E-state index in [1.165, 1.54) is 84.9 Å². The first kappa shape index (κ1) is 32.1. The van der Waals surface area contributed by atoms with E-state index in [1.54, 1.807) is 11.8 Å². The topological polar surface area (TPSA) is 44.4 Å². The van der Waals surface area contributed by atoms with Crippen LogP contribution in [0.2, 0.25) is 0 Å². The van der Waals surface area contributed by atoms with Crippen LogP contribution in [0.15, 0.2) is 81.4 Å². The van der Waals surface area contributed by atoms with E-state index >= 15 is 0 Å². The Balaban J connectivity index is 1.32. The van der Waals surface area contributed by atoms with Crippen molar-refractivity contribution >= 4 is 40.2 Å². The van der Waals surface area contributed by atoms with Gasteiger partial charge >= 0.3 is 0 Å². The monoisotopic (exact) mass is 609 g/mol. The Morgan fingerprint density at radius 2 is 1.50 bits per heavy atom. The van der Waals surface area contributed by atoms with Gasteiger partial charge in [-0.2, -0.15) is 4.57 Å². The molecule has 1 aliphatic carbocycles. The van der Waals surface area contributed by atoms with E-state index < -0.39 is 0 Å². The highest BCUT2D eigenvalue weighted by Crippen LogP contribution is 2.48. The second-order valence-electron chi connectivity index (χ2n) is 12.4. The third-order valence-corrected chi connectivity index (χ3v) is 10.2. The van der Waals surface area contributed by atoms with Gasteiger partial charge in [-0.3, -0.25) is 4.79 Å². The normalized spacial score (nSPS) is 16.5. The molecule has 1 aliphatic heterocycles. The van der Waals surface area contributed by atoms with Crippen LogP contribution >= 0.6 is 11.8 Å². The molecule has 0 saturated carbocycles. The summed E-state index contributed by atoms with van der Waals surface area (Å²) in [4.78, 5) is 17.1. The number of hydrogen-bond acceptors (Lipinski definition) is 4. The SMILES string of the molecule is CCCCCCCCCCCCN1C(=CC2=C(O)C(=Cc3ccc4ccccc4[n+]3CCC)C2=O)Sc2cc(C)c(C)cc21. The maximum atomic E-state index is 13.5. The number of carbonyl (C=O) groups excluding carboxylic acids is 1. The molecule has 0 unspecified atom stereocenters. The Kier molecular flexibility index (Phi) is 11.0. The van der Waals surface area contributed by atoms with E-state index in [0.29, 0.717) is 11.1 Å².